The SMILES string of the molecule is CC(C)=CCN1C(=O)C(=O)c2c(Br)cccc21. The lowest BCUT2D eigenvalue weighted by atomic mass is 10.1. The lowest BCUT2D eigenvalue weighted by Gasteiger charge is -2.14. The van der Waals surface area contributed by atoms with Gasteiger partial charge >= 0.3 is 0 Å². The zero-order valence-corrected chi connectivity index (χ0v) is 11.2. The fourth-order valence-electron chi connectivity index (χ4n) is 1.76. The lowest BCUT2D eigenvalue weighted by Crippen LogP contribution is -2.29. The summed E-state index contributed by atoms with van der Waals surface area (Å²) in [5.41, 5.74) is 2.28. The molecule has 4 heteroatoms. The van der Waals surface area contributed by atoms with Crippen molar-refractivity contribution in [2.24, 2.45) is 0 Å². The van der Waals surface area contributed by atoms with E-state index in [0.717, 1.165) is 5.57 Å². The molecule has 0 radical (unpaired) electrons. The molecule has 1 aliphatic rings. The number of anilines is 1. The maximum Gasteiger partial charge on any atom is 0.299 e. The first-order valence-electron chi connectivity index (χ1n) is 5.30. The quantitative estimate of drug-likeness (QED) is 0.621. The van der Waals surface area contributed by atoms with Crippen LogP contribution in [0.4, 0.5) is 5.69 Å². The van der Waals surface area contributed by atoms with Crippen molar-refractivity contribution >= 4 is 33.3 Å². The molecule has 1 aromatic rings. The zero-order valence-electron chi connectivity index (χ0n) is 9.66. The molecule has 88 valence electrons. The molecule has 0 N–H and O–H groups in total. The van der Waals surface area contributed by atoms with Crippen LogP contribution in [-0.4, -0.2) is 18.2 Å². The van der Waals surface area contributed by atoms with Gasteiger partial charge in [0.05, 0.1) is 11.3 Å². The Labute approximate surface area is 108 Å². The minimum Gasteiger partial charge on any atom is -0.301 e. The van der Waals surface area contributed by atoms with Crippen molar-refractivity contribution in [3.05, 3.63) is 39.9 Å². The second-order valence-corrected chi connectivity index (χ2v) is 5.01. The molecule has 0 unspecified atom stereocenters. The number of hydrogen-bond donors (Lipinski definition) is 0. The van der Waals surface area contributed by atoms with E-state index in [0.29, 0.717) is 22.3 Å². The molecule has 0 aromatic heterocycles. The Hall–Kier alpha value is -1.42. The van der Waals surface area contributed by atoms with Gasteiger partial charge in [-0.25, -0.2) is 0 Å². The van der Waals surface area contributed by atoms with Crippen molar-refractivity contribution in [3.63, 3.8) is 0 Å². The second kappa shape index (κ2) is 4.45. The van der Waals surface area contributed by atoms with Crippen molar-refractivity contribution in [3.8, 4) is 0 Å². The molecule has 1 heterocycles. The highest BCUT2D eigenvalue weighted by Crippen LogP contribution is 2.34. The number of carbonyl (C=O) groups excluding carboxylic acids is 2. The van der Waals surface area contributed by atoms with Crippen molar-refractivity contribution in [2.75, 3.05) is 11.4 Å². The molecule has 0 aliphatic carbocycles. The molecule has 0 saturated carbocycles. The Balaban J connectivity index is 2.45. The number of ketones is 1. The van der Waals surface area contributed by atoms with Gasteiger partial charge in [0, 0.05) is 11.0 Å². The van der Waals surface area contributed by atoms with Gasteiger partial charge in [0.2, 0.25) is 0 Å². The minimum atomic E-state index is -0.454. The van der Waals surface area contributed by atoms with E-state index in [1.54, 1.807) is 12.1 Å². The monoisotopic (exact) mass is 293 g/mol. The van der Waals surface area contributed by atoms with E-state index in [-0.39, 0.29) is 0 Å². The Morgan fingerprint density at radius 3 is 2.71 bits per heavy atom. The molecule has 0 atom stereocenters. The van der Waals surface area contributed by atoms with E-state index in [1.165, 1.54) is 4.90 Å². The number of halogens is 1. The summed E-state index contributed by atoms with van der Waals surface area (Å²) in [4.78, 5) is 25.2. The molecule has 0 spiro atoms. The molecule has 3 nitrogen and oxygen atoms in total. The predicted octanol–water partition coefficient (Wildman–Crippen LogP) is 2.94. The fraction of sp³-hybridized carbons (Fsp3) is 0.231. The predicted molar refractivity (Wildman–Crippen MR) is 70.3 cm³/mol. The maximum absolute atomic E-state index is 11.9. The Bertz CT molecular complexity index is 530. The lowest BCUT2D eigenvalue weighted by molar-refractivity contribution is -0.114. The van der Waals surface area contributed by atoms with Gasteiger partial charge in [0.15, 0.2) is 0 Å². The largest absolute Gasteiger partial charge is 0.301 e. The van der Waals surface area contributed by atoms with E-state index in [1.807, 2.05) is 26.0 Å². The van der Waals surface area contributed by atoms with Crippen LogP contribution in [0.5, 0.6) is 0 Å². The molecule has 0 fully saturated rings. The van der Waals surface area contributed by atoms with E-state index in [4.69, 9.17) is 0 Å². The van der Waals surface area contributed by atoms with Crippen LogP contribution in [0.3, 0.4) is 0 Å². The van der Waals surface area contributed by atoms with Gasteiger partial charge < -0.3 is 4.90 Å². The van der Waals surface area contributed by atoms with Crippen molar-refractivity contribution < 1.29 is 9.59 Å². The number of benzene rings is 1. The molecule has 1 aromatic carbocycles. The van der Waals surface area contributed by atoms with Gasteiger partial charge in [0.1, 0.15) is 0 Å². The van der Waals surface area contributed by atoms with E-state index in [2.05, 4.69) is 15.9 Å². The number of Topliss-reactive ketones (excluding diaryl/α,β-unsaturated/α-hetero) is 1. The van der Waals surface area contributed by atoms with Crippen LogP contribution in [0.15, 0.2) is 34.3 Å². The first-order chi connectivity index (χ1) is 8.02. The topological polar surface area (TPSA) is 37.4 Å². The number of hydrogen-bond acceptors (Lipinski definition) is 2. The molecule has 0 bridgehead atoms. The first kappa shape index (κ1) is 12.0. The summed E-state index contributed by atoms with van der Waals surface area (Å²) in [7, 11) is 0. The fourth-order valence-corrected chi connectivity index (χ4v) is 2.29. The third kappa shape index (κ3) is 2.05. The van der Waals surface area contributed by atoms with Gasteiger partial charge in [-0.1, -0.05) is 17.7 Å². The van der Waals surface area contributed by atoms with Crippen LogP contribution in [0.25, 0.3) is 0 Å². The Morgan fingerprint density at radius 2 is 2.06 bits per heavy atom. The van der Waals surface area contributed by atoms with Gasteiger partial charge in [0.25, 0.3) is 11.7 Å². The van der Waals surface area contributed by atoms with Crippen LogP contribution in [0.2, 0.25) is 0 Å². The van der Waals surface area contributed by atoms with Crippen molar-refractivity contribution in [2.45, 2.75) is 13.8 Å². The van der Waals surface area contributed by atoms with Gasteiger partial charge in [-0.2, -0.15) is 0 Å². The third-order valence-electron chi connectivity index (χ3n) is 2.63. The minimum absolute atomic E-state index is 0.436. The third-order valence-corrected chi connectivity index (χ3v) is 3.29. The molecule has 0 saturated heterocycles. The van der Waals surface area contributed by atoms with Crippen LogP contribution >= 0.6 is 15.9 Å². The Kier molecular flexibility index (Phi) is 3.15. The highest BCUT2D eigenvalue weighted by atomic mass is 79.9. The first-order valence-corrected chi connectivity index (χ1v) is 6.09. The van der Waals surface area contributed by atoms with Crippen LogP contribution in [0, 0.1) is 0 Å². The van der Waals surface area contributed by atoms with Crippen molar-refractivity contribution in [1.82, 2.24) is 0 Å². The second-order valence-electron chi connectivity index (χ2n) is 4.16. The number of amides is 1. The average molecular weight is 294 g/mol. The van der Waals surface area contributed by atoms with Gasteiger partial charge in [-0.3, -0.25) is 9.59 Å². The standard InChI is InChI=1S/C13H12BrNO2/c1-8(2)6-7-15-10-5-3-4-9(14)11(10)12(16)13(15)17/h3-6H,7H2,1-2H3. The summed E-state index contributed by atoms with van der Waals surface area (Å²) >= 11 is 3.31. The maximum atomic E-state index is 11.9. The number of rotatable bonds is 2. The summed E-state index contributed by atoms with van der Waals surface area (Å²) in [5.74, 6) is -0.890. The highest BCUT2D eigenvalue weighted by Gasteiger charge is 2.36. The number of carbonyl (C=O) groups is 2. The van der Waals surface area contributed by atoms with Gasteiger partial charge in [-0.05, 0) is 41.9 Å². The average Bonchev–Trinajstić information content (AvgIpc) is 2.51. The molecule has 1 aliphatic heterocycles. The molecule has 2 rings (SSSR count). The van der Waals surface area contributed by atoms with Crippen LogP contribution in [0.1, 0.15) is 24.2 Å². The summed E-state index contributed by atoms with van der Waals surface area (Å²) in [6.07, 6.45) is 1.93. The van der Waals surface area contributed by atoms with Crippen LogP contribution in [-0.2, 0) is 4.79 Å². The molecular formula is C13H12BrNO2. The molecule has 17 heavy (non-hydrogen) atoms. The smallest absolute Gasteiger partial charge is 0.299 e. The van der Waals surface area contributed by atoms with Crippen LogP contribution < -0.4 is 4.90 Å². The van der Waals surface area contributed by atoms with E-state index < -0.39 is 11.7 Å². The molecule has 1 amide bonds. The number of fused-ring (bicyclic) bond motifs is 1. The van der Waals surface area contributed by atoms with E-state index >= 15 is 0 Å². The van der Waals surface area contributed by atoms with E-state index in [9.17, 15) is 9.59 Å². The number of nitrogens with zero attached hydrogens (tertiary/aromatic N) is 1. The normalized spacial score (nSPS) is 13.9. The highest BCUT2D eigenvalue weighted by molar-refractivity contribution is 9.10. The van der Waals surface area contributed by atoms with Crippen molar-refractivity contribution in [1.29, 1.82) is 0 Å². The number of allylic oxidation sites excluding steroid dienone is 1. The summed E-state index contributed by atoms with van der Waals surface area (Å²) in [5, 5.41) is 0. The summed E-state index contributed by atoms with van der Waals surface area (Å²) in [6, 6.07) is 5.39. The van der Waals surface area contributed by atoms with Gasteiger partial charge in [-0.15, -0.1) is 0 Å². The summed E-state index contributed by atoms with van der Waals surface area (Å²) < 4.78 is 0.674. The molecular weight excluding hydrogens is 282 g/mol. The summed E-state index contributed by atoms with van der Waals surface area (Å²) in [6.45, 7) is 4.37. The zero-order chi connectivity index (χ0) is 12.6. The Morgan fingerprint density at radius 1 is 1.35 bits per heavy atom.